The molecule has 0 aliphatic carbocycles. The van der Waals surface area contributed by atoms with Gasteiger partial charge < -0.3 is 20.4 Å². The van der Waals surface area contributed by atoms with Gasteiger partial charge in [0.2, 0.25) is 0 Å². The first kappa shape index (κ1) is 20.7. The van der Waals surface area contributed by atoms with Crippen molar-refractivity contribution in [3.05, 3.63) is 54.2 Å². The van der Waals surface area contributed by atoms with Crippen LogP contribution in [0.25, 0.3) is 0 Å². The van der Waals surface area contributed by atoms with Crippen LogP contribution in [-0.2, 0) is 6.42 Å². The van der Waals surface area contributed by atoms with Crippen LogP contribution in [0.3, 0.4) is 0 Å². The average molecular weight is 408 g/mol. The zero-order valence-corrected chi connectivity index (χ0v) is 17.7. The predicted molar refractivity (Wildman–Crippen MR) is 122 cm³/mol. The van der Waals surface area contributed by atoms with Crippen LogP contribution in [0.4, 0.5) is 16.3 Å². The highest BCUT2D eigenvalue weighted by Crippen LogP contribution is 2.22. The Bertz CT molecular complexity index is 798. The topological polar surface area (TPSA) is 60.5 Å². The number of amides is 2. The van der Waals surface area contributed by atoms with E-state index in [9.17, 15) is 4.79 Å². The van der Waals surface area contributed by atoms with E-state index >= 15 is 0 Å². The standard InChI is InChI=1S/C24H33N5O/c30-24(27-22-8-11-25-23(19-22)29-13-4-5-14-29)26-12-17-28-15-9-21(10-16-28)18-20-6-2-1-3-7-20/h1-3,6-8,11,19,21H,4-5,9-10,12-18H2,(H2,25,26,27,30). The largest absolute Gasteiger partial charge is 0.357 e. The number of benzene rings is 1. The highest BCUT2D eigenvalue weighted by Gasteiger charge is 2.19. The molecule has 30 heavy (non-hydrogen) atoms. The molecule has 6 heteroatoms. The normalized spacial score (nSPS) is 17.8. The molecule has 3 heterocycles. The van der Waals surface area contributed by atoms with E-state index in [2.05, 4.69) is 55.7 Å². The van der Waals surface area contributed by atoms with Crippen LogP contribution in [0.15, 0.2) is 48.7 Å². The molecule has 2 amide bonds. The van der Waals surface area contributed by atoms with Crippen molar-refractivity contribution in [3.8, 4) is 0 Å². The van der Waals surface area contributed by atoms with E-state index in [4.69, 9.17) is 0 Å². The summed E-state index contributed by atoms with van der Waals surface area (Å²) in [5.41, 5.74) is 2.24. The van der Waals surface area contributed by atoms with Crippen LogP contribution < -0.4 is 15.5 Å². The van der Waals surface area contributed by atoms with Crippen LogP contribution >= 0.6 is 0 Å². The number of carbonyl (C=O) groups is 1. The van der Waals surface area contributed by atoms with Gasteiger partial charge in [-0.2, -0.15) is 0 Å². The van der Waals surface area contributed by atoms with Gasteiger partial charge in [-0.15, -0.1) is 0 Å². The highest BCUT2D eigenvalue weighted by atomic mass is 16.2. The van der Waals surface area contributed by atoms with Gasteiger partial charge in [-0.05, 0) is 62.7 Å². The molecule has 2 N–H and O–H groups in total. The SMILES string of the molecule is O=C(NCCN1CCC(Cc2ccccc2)CC1)Nc1ccnc(N2CCCC2)c1. The number of urea groups is 1. The Morgan fingerprint density at radius 3 is 2.57 bits per heavy atom. The average Bonchev–Trinajstić information content (AvgIpc) is 3.31. The molecule has 2 fully saturated rings. The summed E-state index contributed by atoms with van der Waals surface area (Å²) >= 11 is 0. The van der Waals surface area contributed by atoms with E-state index in [0.717, 1.165) is 50.1 Å². The third-order valence-electron chi connectivity index (χ3n) is 6.22. The maximum absolute atomic E-state index is 12.3. The Balaban J connectivity index is 1.14. The van der Waals surface area contributed by atoms with Crippen LogP contribution in [0, 0.1) is 5.92 Å². The second-order valence-electron chi connectivity index (χ2n) is 8.45. The molecule has 0 bridgehead atoms. The summed E-state index contributed by atoms with van der Waals surface area (Å²) in [7, 11) is 0. The van der Waals surface area contributed by atoms with Gasteiger partial charge in [0.05, 0.1) is 0 Å². The smallest absolute Gasteiger partial charge is 0.319 e. The van der Waals surface area contributed by atoms with Crippen molar-refractivity contribution >= 4 is 17.5 Å². The van der Waals surface area contributed by atoms with Crippen molar-refractivity contribution in [1.82, 2.24) is 15.2 Å². The van der Waals surface area contributed by atoms with Crippen molar-refractivity contribution < 1.29 is 4.79 Å². The summed E-state index contributed by atoms with van der Waals surface area (Å²) in [6.07, 6.45) is 7.84. The molecule has 0 saturated carbocycles. The summed E-state index contributed by atoms with van der Waals surface area (Å²) in [6.45, 7) is 5.89. The molecule has 2 aliphatic heterocycles. The lowest BCUT2D eigenvalue weighted by Crippen LogP contribution is -2.40. The second-order valence-corrected chi connectivity index (χ2v) is 8.45. The molecule has 1 aromatic heterocycles. The molecular weight excluding hydrogens is 374 g/mol. The van der Waals surface area contributed by atoms with Gasteiger partial charge in [-0.25, -0.2) is 9.78 Å². The summed E-state index contributed by atoms with van der Waals surface area (Å²) in [5, 5.41) is 5.94. The van der Waals surface area contributed by atoms with Crippen LogP contribution in [0.1, 0.15) is 31.2 Å². The summed E-state index contributed by atoms with van der Waals surface area (Å²) in [5.74, 6) is 1.72. The zero-order valence-electron chi connectivity index (χ0n) is 17.7. The molecule has 2 aliphatic rings. The number of piperidine rings is 1. The van der Waals surface area contributed by atoms with Crippen molar-refractivity contribution in [2.24, 2.45) is 5.92 Å². The van der Waals surface area contributed by atoms with E-state index in [0.29, 0.717) is 6.54 Å². The Labute approximate surface area is 179 Å². The minimum atomic E-state index is -0.146. The third-order valence-corrected chi connectivity index (χ3v) is 6.22. The first-order valence-corrected chi connectivity index (χ1v) is 11.3. The molecule has 2 saturated heterocycles. The quantitative estimate of drug-likeness (QED) is 0.734. The van der Waals surface area contributed by atoms with Gasteiger partial charge in [0.25, 0.3) is 0 Å². The number of nitrogens with one attached hydrogen (secondary N) is 2. The van der Waals surface area contributed by atoms with Crippen LogP contribution in [-0.4, -0.2) is 55.2 Å². The van der Waals surface area contributed by atoms with Crippen molar-refractivity contribution in [2.75, 3.05) is 49.5 Å². The lowest BCUT2D eigenvalue weighted by atomic mass is 9.90. The molecule has 160 valence electrons. The minimum absolute atomic E-state index is 0.146. The molecule has 0 atom stereocenters. The second kappa shape index (κ2) is 10.4. The fraction of sp³-hybridized carbons (Fsp3) is 0.500. The maximum atomic E-state index is 12.3. The molecule has 6 nitrogen and oxygen atoms in total. The van der Waals surface area contributed by atoms with E-state index in [1.54, 1.807) is 6.20 Å². The number of pyridine rings is 1. The van der Waals surface area contributed by atoms with E-state index in [1.807, 2.05) is 12.1 Å². The van der Waals surface area contributed by atoms with Gasteiger partial charge >= 0.3 is 6.03 Å². The zero-order chi connectivity index (χ0) is 20.6. The van der Waals surface area contributed by atoms with E-state index in [-0.39, 0.29) is 6.03 Å². The summed E-state index contributed by atoms with van der Waals surface area (Å²) in [4.78, 5) is 21.4. The van der Waals surface area contributed by atoms with Crippen molar-refractivity contribution in [3.63, 3.8) is 0 Å². The Kier molecular flexibility index (Phi) is 7.19. The minimum Gasteiger partial charge on any atom is -0.357 e. The monoisotopic (exact) mass is 407 g/mol. The Morgan fingerprint density at radius 2 is 1.80 bits per heavy atom. The molecule has 1 aromatic carbocycles. The lowest BCUT2D eigenvalue weighted by Gasteiger charge is -2.32. The first-order valence-electron chi connectivity index (χ1n) is 11.3. The molecular formula is C24H33N5O. The molecule has 0 unspecified atom stereocenters. The number of carbonyl (C=O) groups excluding carboxylic acids is 1. The van der Waals surface area contributed by atoms with E-state index in [1.165, 1.54) is 37.7 Å². The van der Waals surface area contributed by atoms with Crippen LogP contribution in [0.2, 0.25) is 0 Å². The predicted octanol–water partition coefficient (Wildman–Crippen LogP) is 3.76. The number of aromatic nitrogens is 1. The maximum Gasteiger partial charge on any atom is 0.319 e. The molecule has 0 spiro atoms. The summed E-state index contributed by atoms with van der Waals surface area (Å²) in [6, 6.07) is 14.4. The number of hydrogen-bond acceptors (Lipinski definition) is 4. The number of hydrogen-bond donors (Lipinski definition) is 2. The Hall–Kier alpha value is -2.60. The summed E-state index contributed by atoms with van der Waals surface area (Å²) < 4.78 is 0. The lowest BCUT2D eigenvalue weighted by molar-refractivity contribution is 0.184. The highest BCUT2D eigenvalue weighted by molar-refractivity contribution is 5.89. The molecule has 2 aromatic rings. The number of rotatable bonds is 7. The van der Waals surface area contributed by atoms with Gasteiger partial charge in [-0.1, -0.05) is 30.3 Å². The van der Waals surface area contributed by atoms with E-state index < -0.39 is 0 Å². The van der Waals surface area contributed by atoms with Gasteiger partial charge in [0.1, 0.15) is 5.82 Å². The fourth-order valence-corrected chi connectivity index (χ4v) is 4.48. The first-order chi connectivity index (χ1) is 14.8. The number of nitrogens with zero attached hydrogens (tertiary/aromatic N) is 3. The Morgan fingerprint density at radius 1 is 1.03 bits per heavy atom. The molecule has 4 rings (SSSR count). The molecule has 0 radical (unpaired) electrons. The number of anilines is 2. The van der Waals surface area contributed by atoms with Gasteiger partial charge in [-0.3, -0.25) is 0 Å². The third kappa shape index (κ3) is 5.95. The van der Waals surface area contributed by atoms with Crippen molar-refractivity contribution in [2.45, 2.75) is 32.1 Å². The van der Waals surface area contributed by atoms with Gasteiger partial charge in [0, 0.05) is 44.1 Å². The number of likely N-dealkylation sites (tertiary alicyclic amines) is 1. The fourth-order valence-electron chi connectivity index (χ4n) is 4.48. The van der Waals surface area contributed by atoms with Crippen LogP contribution in [0.5, 0.6) is 0 Å². The van der Waals surface area contributed by atoms with Gasteiger partial charge in [0.15, 0.2) is 0 Å². The van der Waals surface area contributed by atoms with Crippen molar-refractivity contribution in [1.29, 1.82) is 0 Å².